The van der Waals surface area contributed by atoms with Crippen LogP contribution in [0.1, 0.15) is 45.4 Å². The minimum Gasteiger partial charge on any atom is -0.481 e. The predicted octanol–water partition coefficient (Wildman–Crippen LogP) is 1.48. The fraction of sp³-hybridized carbons (Fsp3) is 0.833. The molecule has 2 fully saturated rings. The Morgan fingerprint density at radius 2 is 2.00 bits per heavy atom. The van der Waals surface area contributed by atoms with Crippen LogP contribution in [0.3, 0.4) is 0 Å². The highest BCUT2D eigenvalue weighted by atomic mass is 16.4. The third-order valence-corrected chi connectivity index (χ3v) is 3.89. The molecule has 2 rings (SSSR count). The average Bonchev–Trinajstić information content (AvgIpc) is 2.11. The van der Waals surface area contributed by atoms with Gasteiger partial charge < -0.3 is 15.7 Å². The minimum atomic E-state index is -0.845. The maximum Gasteiger partial charge on any atom is 0.315 e. The van der Waals surface area contributed by atoms with Crippen LogP contribution in [0.25, 0.3) is 0 Å². The van der Waals surface area contributed by atoms with E-state index in [0.29, 0.717) is 5.92 Å². The third-order valence-electron chi connectivity index (χ3n) is 3.89. The van der Waals surface area contributed by atoms with Gasteiger partial charge in [-0.1, -0.05) is 6.92 Å². The molecule has 0 aromatic heterocycles. The van der Waals surface area contributed by atoms with Crippen LogP contribution in [0.5, 0.6) is 0 Å². The largest absolute Gasteiger partial charge is 0.481 e. The number of carboxylic acids is 1. The first-order chi connectivity index (χ1) is 7.99. The lowest BCUT2D eigenvalue weighted by Crippen LogP contribution is -2.59. The Balaban J connectivity index is 1.78. The molecule has 0 bridgehead atoms. The van der Waals surface area contributed by atoms with Crippen LogP contribution in [0.4, 0.5) is 4.79 Å². The summed E-state index contributed by atoms with van der Waals surface area (Å²) in [4.78, 5) is 22.5. The molecule has 0 aromatic carbocycles. The number of carbonyl (C=O) groups is 2. The maximum absolute atomic E-state index is 11.7. The Morgan fingerprint density at radius 1 is 1.35 bits per heavy atom. The van der Waals surface area contributed by atoms with Gasteiger partial charge in [0.25, 0.3) is 0 Å². The number of carbonyl (C=O) groups excluding carboxylic acids is 1. The molecule has 0 aromatic rings. The quantitative estimate of drug-likeness (QED) is 0.696. The van der Waals surface area contributed by atoms with Crippen molar-refractivity contribution in [2.45, 2.75) is 57.0 Å². The van der Waals surface area contributed by atoms with Gasteiger partial charge in [0.05, 0.1) is 12.0 Å². The summed E-state index contributed by atoms with van der Waals surface area (Å²) in [6.45, 7) is 2.16. The van der Waals surface area contributed by atoms with Crippen molar-refractivity contribution in [1.29, 1.82) is 0 Å². The molecule has 17 heavy (non-hydrogen) atoms. The van der Waals surface area contributed by atoms with Gasteiger partial charge in [-0.05, 0) is 38.0 Å². The van der Waals surface area contributed by atoms with Gasteiger partial charge in [-0.3, -0.25) is 4.79 Å². The highest BCUT2D eigenvalue weighted by Crippen LogP contribution is 2.35. The van der Waals surface area contributed by atoms with Crippen molar-refractivity contribution in [2.75, 3.05) is 0 Å². The summed E-state index contributed by atoms with van der Waals surface area (Å²) in [5.74, 6) is -0.153. The van der Waals surface area contributed by atoms with Crippen LogP contribution in [0.2, 0.25) is 0 Å². The van der Waals surface area contributed by atoms with Gasteiger partial charge in [-0.25, -0.2) is 4.79 Å². The number of aliphatic carboxylic acids is 1. The third kappa shape index (κ3) is 2.90. The molecule has 0 atom stereocenters. The number of rotatable bonds is 4. The van der Waals surface area contributed by atoms with Crippen molar-refractivity contribution < 1.29 is 14.7 Å². The molecule has 3 N–H and O–H groups in total. The second-order valence-corrected chi connectivity index (χ2v) is 5.58. The smallest absolute Gasteiger partial charge is 0.315 e. The highest BCUT2D eigenvalue weighted by molar-refractivity contribution is 5.77. The molecule has 5 nitrogen and oxygen atoms in total. The van der Waals surface area contributed by atoms with Gasteiger partial charge in [0.2, 0.25) is 0 Å². The first kappa shape index (κ1) is 12.2. The lowest BCUT2D eigenvalue weighted by Gasteiger charge is -2.42. The van der Waals surface area contributed by atoms with E-state index in [9.17, 15) is 9.59 Å². The van der Waals surface area contributed by atoms with Crippen LogP contribution in [-0.2, 0) is 4.79 Å². The molecule has 0 spiro atoms. The summed E-state index contributed by atoms with van der Waals surface area (Å²) in [6.07, 6.45) is 4.62. The summed E-state index contributed by atoms with van der Waals surface area (Å²) in [5.41, 5.74) is -0.495. The Bertz CT molecular complexity index is 320. The monoisotopic (exact) mass is 240 g/mol. The van der Waals surface area contributed by atoms with Gasteiger partial charge in [0.1, 0.15) is 0 Å². The van der Waals surface area contributed by atoms with Crippen molar-refractivity contribution in [3.63, 3.8) is 0 Å². The fourth-order valence-corrected chi connectivity index (χ4v) is 2.72. The molecule has 2 aliphatic rings. The Labute approximate surface area is 101 Å². The minimum absolute atomic E-state index is 0.0293. The fourth-order valence-electron chi connectivity index (χ4n) is 2.72. The van der Waals surface area contributed by atoms with E-state index in [1.807, 2.05) is 0 Å². The average molecular weight is 240 g/mol. The molecule has 5 heteroatoms. The first-order valence-electron chi connectivity index (χ1n) is 6.30. The molecule has 2 saturated carbocycles. The van der Waals surface area contributed by atoms with Gasteiger partial charge in [-0.15, -0.1) is 0 Å². The van der Waals surface area contributed by atoms with E-state index in [1.165, 1.54) is 0 Å². The number of hydrogen-bond donors (Lipinski definition) is 3. The molecule has 2 amide bonds. The van der Waals surface area contributed by atoms with Crippen LogP contribution in [0.15, 0.2) is 0 Å². The van der Waals surface area contributed by atoms with E-state index < -0.39 is 11.5 Å². The zero-order valence-electron chi connectivity index (χ0n) is 10.2. The predicted molar refractivity (Wildman–Crippen MR) is 62.7 cm³/mol. The number of hydrogen-bond acceptors (Lipinski definition) is 2. The van der Waals surface area contributed by atoms with Crippen molar-refractivity contribution in [3.05, 3.63) is 0 Å². The van der Waals surface area contributed by atoms with Crippen molar-refractivity contribution in [1.82, 2.24) is 10.6 Å². The summed E-state index contributed by atoms with van der Waals surface area (Å²) >= 11 is 0. The Hall–Kier alpha value is -1.26. The normalized spacial score (nSPS) is 29.7. The Morgan fingerprint density at radius 3 is 2.41 bits per heavy atom. The van der Waals surface area contributed by atoms with E-state index in [1.54, 1.807) is 0 Å². The molecule has 96 valence electrons. The van der Waals surface area contributed by atoms with E-state index in [2.05, 4.69) is 17.6 Å². The van der Waals surface area contributed by atoms with Gasteiger partial charge in [-0.2, -0.15) is 0 Å². The topological polar surface area (TPSA) is 78.4 Å². The molecule has 2 aliphatic carbocycles. The second kappa shape index (κ2) is 4.55. The number of urea groups is 1. The van der Waals surface area contributed by atoms with Gasteiger partial charge in [0.15, 0.2) is 0 Å². The van der Waals surface area contributed by atoms with Crippen LogP contribution >= 0.6 is 0 Å². The summed E-state index contributed by atoms with van der Waals surface area (Å²) in [6, 6.07) is 0.0646. The molecule has 0 heterocycles. The zero-order valence-corrected chi connectivity index (χ0v) is 10.2. The number of carboxylic acid groups (broad SMARTS) is 1. The first-order valence-corrected chi connectivity index (χ1v) is 6.30. The van der Waals surface area contributed by atoms with Gasteiger partial charge in [0, 0.05) is 6.04 Å². The van der Waals surface area contributed by atoms with Crippen LogP contribution in [-0.4, -0.2) is 28.7 Å². The van der Waals surface area contributed by atoms with Crippen LogP contribution in [0, 0.1) is 5.92 Å². The lowest BCUT2D eigenvalue weighted by molar-refractivity contribution is -0.139. The molecule has 0 unspecified atom stereocenters. The zero-order chi connectivity index (χ0) is 12.5. The molecule has 0 saturated heterocycles. The molecular formula is C12H20N2O3. The maximum atomic E-state index is 11.7. The molecule has 0 radical (unpaired) electrons. The standard InChI is InChI=1S/C12H20N2O3/c1-8-5-9(6-8)13-11(17)14-12(3-2-4-12)7-10(15)16/h8-9H,2-7H2,1H3,(H,15,16)(H2,13,14,17). The Kier molecular flexibility index (Phi) is 3.26. The summed E-state index contributed by atoms with van der Waals surface area (Å²) in [5, 5.41) is 14.6. The van der Waals surface area contributed by atoms with E-state index in [4.69, 9.17) is 5.11 Å². The van der Waals surface area contributed by atoms with E-state index in [0.717, 1.165) is 32.1 Å². The van der Waals surface area contributed by atoms with Crippen LogP contribution < -0.4 is 10.6 Å². The molecular weight excluding hydrogens is 220 g/mol. The van der Waals surface area contributed by atoms with Gasteiger partial charge >= 0.3 is 12.0 Å². The number of amides is 2. The van der Waals surface area contributed by atoms with E-state index in [-0.39, 0.29) is 18.5 Å². The summed E-state index contributed by atoms with van der Waals surface area (Å²) in [7, 11) is 0. The SMILES string of the molecule is CC1CC(NC(=O)NC2(CC(=O)O)CCC2)C1. The van der Waals surface area contributed by atoms with Crippen molar-refractivity contribution >= 4 is 12.0 Å². The van der Waals surface area contributed by atoms with Crippen molar-refractivity contribution in [3.8, 4) is 0 Å². The second-order valence-electron chi connectivity index (χ2n) is 5.58. The lowest BCUT2D eigenvalue weighted by atomic mass is 9.74. The van der Waals surface area contributed by atoms with Crippen molar-refractivity contribution in [2.24, 2.45) is 5.92 Å². The molecule has 0 aliphatic heterocycles. The summed E-state index contributed by atoms with van der Waals surface area (Å²) < 4.78 is 0. The number of nitrogens with one attached hydrogen (secondary N) is 2. The van der Waals surface area contributed by atoms with E-state index >= 15 is 0 Å². The highest BCUT2D eigenvalue weighted by Gasteiger charge is 2.41.